The number of thiocarbonyl (C=S) groups is 1. The second-order valence-electron chi connectivity index (χ2n) is 6.83. The molecule has 0 aliphatic heterocycles. The molecule has 0 fully saturated rings. The van der Waals surface area contributed by atoms with E-state index in [4.69, 9.17) is 0 Å². The maximum atomic E-state index is 12.9. The first-order chi connectivity index (χ1) is 16.1. The van der Waals surface area contributed by atoms with E-state index in [9.17, 15) is 62.3 Å². The minimum absolute atomic E-state index is 0.0252. The van der Waals surface area contributed by atoms with Crippen molar-refractivity contribution in [3.63, 3.8) is 0 Å². The van der Waals surface area contributed by atoms with Gasteiger partial charge in [0.1, 0.15) is 0 Å². The predicted molar refractivity (Wildman–Crippen MR) is 100 cm³/mol. The molecule has 0 atom stereocenters. The third-order valence-electron chi connectivity index (χ3n) is 4.15. The SMILES string of the molecule is O=C(NC(=S)NC(=O)c1cc(C(F)(F)F)cc(C(F)(F)F)c1)c1cc(C(F)(F)F)cc(C(F)(F)F)c1. The highest BCUT2D eigenvalue weighted by molar-refractivity contribution is 7.80. The van der Waals surface area contributed by atoms with Crippen molar-refractivity contribution in [3.8, 4) is 0 Å². The van der Waals surface area contributed by atoms with Crippen LogP contribution in [0.5, 0.6) is 0 Å². The molecule has 0 aliphatic carbocycles. The van der Waals surface area contributed by atoms with Crippen LogP contribution in [0.4, 0.5) is 52.7 Å². The van der Waals surface area contributed by atoms with Gasteiger partial charge < -0.3 is 0 Å². The highest BCUT2D eigenvalue weighted by Gasteiger charge is 2.39. The van der Waals surface area contributed by atoms with Crippen LogP contribution in [0.15, 0.2) is 36.4 Å². The van der Waals surface area contributed by atoms with E-state index < -0.39 is 75.0 Å². The van der Waals surface area contributed by atoms with E-state index in [0.29, 0.717) is 0 Å². The van der Waals surface area contributed by atoms with Gasteiger partial charge in [-0.15, -0.1) is 0 Å². The van der Waals surface area contributed by atoms with Gasteiger partial charge in [0.2, 0.25) is 0 Å². The molecule has 0 aliphatic rings. The van der Waals surface area contributed by atoms with Crippen LogP contribution in [-0.4, -0.2) is 16.9 Å². The van der Waals surface area contributed by atoms with Crippen molar-refractivity contribution >= 4 is 29.1 Å². The minimum atomic E-state index is -5.30. The Balaban J connectivity index is 2.31. The number of carbonyl (C=O) groups is 2. The monoisotopic (exact) mass is 556 g/mol. The summed E-state index contributed by atoms with van der Waals surface area (Å²) in [5, 5.41) is 1.91. The van der Waals surface area contributed by atoms with Crippen molar-refractivity contribution in [2.45, 2.75) is 24.7 Å². The second kappa shape index (κ2) is 9.59. The number of carbonyl (C=O) groups excluding carboxylic acids is 2. The number of alkyl halides is 12. The van der Waals surface area contributed by atoms with Gasteiger partial charge in [-0.3, -0.25) is 20.2 Å². The Kier molecular flexibility index (Phi) is 7.69. The van der Waals surface area contributed by atoms with Crippen molar-refractivity contribution in [3.05, 3.63) is 69.8 Å². The van der Waals surface area contributed by atoms with Gasteiger partial charge in [-0.2, -0.15) is 52.7 Å². The van der Waals surface area contributed by atoms with Crippen LogP contribution in [0.2, 0.25) is 0 Å². The van der Waals surface area contributed by atoms with Crippen molar-refractivity contribution in [1.82, 2.24) is 10.6 Å². The summed E-state index contributed by atoms with van der Waals surface area (Å²) in [6.07, 6.45) is -21.2. The number of amides is 2. The zero-order valence-electron chi connectivity index (χ0n) is 16.7. The van der Waals surface area contributed by atoms with E-state index in [-0.39, 0.29) is 36.4 Å². The van der Waals surface area contributed by atoms with Crippen LogP contribution in [-0.2, 0) is 24.7 Å². The molecule has 2 N–H and O–H groups in total. The molecule has 0 radical (unpaired) electrons. The van der Waals surface area contributed by atoms with Gasteiger partial charge in [0, 0.05) is 11.1 Å². The molecular formula is C19H8F12N2O2S. The average molecular weight is 556 g/mol. The molecule has 2 aromatic carbocycles. The molecule has 2 rings (SSSR count). The Hall–Kier alpha value is -3.37. The fourth-order valence-electron chi connectivity index (χ4n) is 2.55. The number of hydrogen-bond acceptors (Lipinski definition) is 3. The van der Waals surface area contributed by atoms with Crippen LogP contribution >= 0.6 is 12.2 Å². The Morgan fingerprint density at radius 3 is 0.917 bits per heavy atom. The number of nitrogens with one attached hydrogen (secondary N) is 2. The lowest BCUT2D eigenvalue weighted by molar-refractivity contribution is -0.144. The predicted octanol–water partition coefficient (Wildman–Crippen LogP) is 6.21. The Labute approximate surface area is 197 Å². The van der Waals surface area contributed by atoms with E-state index in [0.717, 1.165) is 0 Å². The quantitative estimate of drug-likeness (QED) is 0.342. The molecule has 2 aromatic rings. The summed E-state index contributed by atoms with van der Waals surface area (Å²) < 4.78 is 155. The smallest absolute Gasteiger partial charge is 0.299 e. The fraction of sp³-hybridized carbons (Fsp3) is 0.211. The van der Waals surface area contributed by atoms with Crippen LogP contribution in [0.25, 0.3) is 0 Å². The molecule has 0 aromatic heterocycles. The van der Waals surface area contributed by atoms with Crippen LogP contribution in [0.1, 0.15) is 43.0 Å². The largest absolute Gasteiger partial charge is 0.416 e. The van der Waals surface area contributed by atoms with E-state index in [2.05, 4.69) is 12.2 Å². The first kappa shape index (κ1) is 28.9. The van der Waals surface area contributed by atoms with E-state index in [1.165, 1.54) is 10.6 Å². The maximum absolute atomic E-state index is 12.9. The molecular weight excluding hydrogens is 548 g/mol. The Morgan fingerprint density at radius 1 is 0.500 bits per heavy atom. The lowest BCUT2D eigenvalue weighted by Crippen LogP contribution is -2.42. The zero-order valence-corrected chi connectivity index (χ0v) is 17.5. The van der Waals surface area contributed by atoms with Gasteiger partial charge >= 0.3 is 24.7 Å². The highest BCUT2D eigenvalue weighted by atomic mass is 32.1. The second-order valence-corrected chi connectivity index (χ2v) is 7.23. The first-order valence-corrected chi connectivity index (χ1v) is 9.25. The molecule has 0 unspecified atom stereocenters. The van der Waals surface area contributed by atoms with Crippen molar-refractivity contribution in [1.29, 1.82) is 0 Å². The minimum Gasteiger partial charge on any atom is -0.299 e. The maximum Gasteiger partial charge on any atom is 0.416 e. The summed E-state index contributed by atoms with van der Waals surface area (Å²) in [4.78, 5) is 24.2. The average Bonchev–Trinajstić information content (AvgIpc) is 2.70. The van der Waals surface area contributed by atoms with Gasteiger partial charge in [-0.25, -0.2) is 0 Å². The molecule has 36 heavy (non-hydrogen) atoms. The zero-order chi connectivity index (χ0) is 27.9. The summed E-state index contributed by atoms with van der Waals surface area (Å²) in [6.45, 7) is 0. The van der Waals surface area contributed by atoms with Crippen molar-refractivity contribution < 1.29 is 62.3 Å². The highest BCUT2D eigenvalue weighted by Crippen LogP contribution is 2.37. The van der Waals surface area contributed by atoms with Crippen molar-refractivity contribution in [2.24, 2.45) is 0 Å². The third kappa shape index (κ3) is 7.32. The third-order valence-corrected chi connectivity index (χ3v) is 4.36. The standard InChI is InChI=1S/C19H8F12N2O2S/c20-16(21,22)9-1-7(2-10(5-9)17(23,24)25)13(34)32-15(36)33-14(35)8-3-11(18(26,27)28)6-12(4-8)19(29,30)31/h1-6H,(H2,32,33,34,35,36). The first-order valence-electron chi connectivity index (χ1n) is 8.84. The molecule has 0 heterocycles. The van der Waals surface area contributed by atoms with Gasteiger partial charge in [0.15, 0.2) is 5.11 Å². The normalized spacial score (nSPS) is 12.8. The van der Waals surface area contributed by atoms with E-state index >= 15 is 0 Å². The van der Waals surface area contributed by atoms with Crippen LogP contribution in [0, 0.1) is 0 Å². The van der Waals surface area contributed by atoms with Gasteiger partial charge in [-0.1, -0.05) is 0 Å². The molecule has 2 amide bonds. The molecule has 4 nitrogen and oxygen atoms in total. The lowest BCUT2D eigenvalue weighted by Gasteiger charge is -2.15. The summed E-state index contributed by atoms with van der Waals surface area (Å²) in [6, 6.07) is -0.449. The summed E-state index contributed by atoms with van der Waals surface area (Å²) >= 11 is 4.48. The number of halogens is 12. The van der Waals surface area contributed by atoms with E-state index in [1.807, 2.05) is 0 Å². The molecule has 0 saturated heterocycles. The number of hydrogen-bond donors (Lipinski definition) is 2. The topological polar surface area (TPSA) is 58.2 Å². The van der Waals surface area contributed by atoms with Gasteiger partial charge in [0.25, 0.3) is 11.8 Å². The summed E-state index contributed by atoms with van der Waals surface area (Å²) in [7, 11) is 0. The van der Waals surface area contributed by atoms with Crippen molar-refractivity contribution in [2.75, 3.05) is 0 Å². The Morgan fingerprint density at radius 2 is 0.722 bits per heavy atom. The van der Waals surface area contributed by atoms with E-state index in [1.54, 1.807) is 0 Å². The Bertz CT molecular complexity index is 1040. The van der Waals surface area contributed by atoms with Gasteiger partial charge in [-0.05, 0) is 48.6 Å². The number of rotatable bonds is 2. The molecule has 0 spiro atoms. The molecule has 17 heteroatoms. The molecule has 196 valence electrons. The molecule has 0 saturated carbocycles. The fourth-order valence-corrected chi connectivity index (χ4v) is 2.74. The van der Waals surface area contributed by atoms with Crippen LogP contribution in [0.3, 0.4) is 0 Å². The lowest BCUT2D eigenvalue weighted by atomic mass is 10.0. The number of benzene rings is 2. The van der Waals surface area contributed by atoms with Gasteiger partial charge in [0.05, 0.1) is 22.3 Å². The molecule has 0 bridgehead atoms. The summed E-state index contributed by atoms with van der Waals surface area (Å²) in [5.41, 5.74) is -9.87. The summed E-state index contributed by atoms with van der Waals surface area (Å²) in [5.74, 6) is -3.39. The van der Waals surface area contributed by atoms with Crippen LogP contribution < -0.4 is 10.6 Å².